The maximum atomic E-state index is 10.1. The number of nitrogens with one attached hydrogen (secondary N) is 2. The van der Waals surface area contributed by atoms with Gasteiger partial charge in [0.25, 0.3) is 0 Å². The predicted octanol–water partition coefficient (Wildman–Crippen LogP) is 2.05. The molecule has 23 heavy (non-hydrogen) atoms. The molecular weight excluding hydrogens is 292 g/mol. The Balaban J connectivity index is 2.04. The van der Waals surface area contributed by atoms with E-state index in [0.29, 0.717) is 30.4 Å². The van der Waals surface area contributed by atoms with E-state index in [4.69, 9.17) is 4.74 Å². The summed E-state index contributed by atoms with van der Waals surface area (Å²) in [7, 11) is 1.53. The van der Waals surface area contributed by atoms with Crippen molar-refractivity contribution in [3.8, 4) is 11.5 Å². The molecule has 3 N–H and O–H groups in total. The second-order valence-electron chi connectivity index (χ2n) is 4.84. The standard InChI is InChI=1S/C17H22N4O2/c1-3-18-17(21-12-14-8-4-5-10-19-14)20-11-13-7-6-9-15(23-2)16(13)22/h4-10,22H,3,11-12H2,1-2H3,(H2,18,20,21). The van der Waals surface area contributed by atoms with Crippen LogP contribution in [-0.2, 0) is 13.1 Å². The zero-order chi connectivity index (χ0) is 16.5. The molecule has 6 heteroatoms. The molecule has 0 fully saturated rings. The number of aromatic nitrogens is 1. The highest BCUT2D eigenvalue weighted by atomic mass is 16.5. The van der Waals surface area contributed by atoms with Gasteiger partial charge in [0.05, 0.1) is 25.9 Å². The Morgan fingerprint density at radius 1 is 1.22 bits per heavy atom. The Hall–Kier alpha value is -2.76. The lowest BCUT2D eigenvalue weighted by Crippen LogP contribution is -2.37. The van der Waals surface area contributed by atoms with E-state index in [1.807, 2.05) is 37.3 Å². The van der Waals surface area contributed by atoms with Crippen LogP contribution < -0.4 is 15.4 Å². The SMILES string of the molecule is CCNC(=NCc1cccc(OC)c1O)NCc1ccccn1. The molecule has 0 aliphatic rings. The van der Waals surface area contributed by atoms with Crippen molar-refractivity contribution in [3.63, 3.8) is 0 Å². The van der Waals surface area contributed by atoms with Crippen LogP contribution >= 0.6 is 0 Å². The fourth-order valence-corrected chi connectivity index (χ4v) is 2.04. The Morgan fingerprint density at radius 2 is 2.09 bits per heavy atom. The number of methoxy groups -OCH3 is 1. The molecule has 122 valence electrons. The molecule has 0 saturated heterocycles. The summed E-state index contributed by atoms with van der Waals surface area (Å²) in [5, 5.41) is 16.5. The summed E-state index contributed by atoms with van der Waals surface area (Å²) in [6, 6.07) is 11.1. The summed E-state index contributed by atoms with van der Waals surface area (Å²) in [6.07, 6.45) is 1.76. The molecule has 0 spiro atoms. The lowest BCUT2D eigenvalue weighted by atomic mass is 10.2. The van der Waals surface area contributed by atoms with E-state index in [-0.39, 0.29) is 5.75 Å². The number of hydrogen-bond donors (Lipinski definition) is 3. The second kappa shape index (κ2) is 8.63. The summed E-state index contributed by atoms with van der Waals surface area (Å²) >= 11 is 0. The molecule has 1 aromatic carbocycles. The number of aromatic hydroxyl groups is 1. The maximum Gasteiger partial charge on any atom is 0.191 e. The number of aliphatic imine (C=N–C) groups is 1. The molecule has 0 bridgehead atoms. The van der Waals surface area contributed by atoms with Crippen LogP contribution in [-0.4, -0.2) is 29.7 Å². The quantitative estimate of drug-likeness (QED) is 0.562. The number of nitrogens with zero attached hydrogens (tertiary/aromatic N) is 2. The molecule has 0 aliphatic heterocycles. The van der Waals surface area contributed by atoms with Crippen LogP contribution in [0.15, 0.2) is 47.6 Å². The van der Waals surface area contributed by atoms with Crippen molar-refractivity contribution in [2.24, 2.45) is 4.99 Å². The van der Waals surface area contributed by atoms with E-state index in [9.17, 15) is 5.11 Å². The van der Waals surface area contributed by atoms with Gasteiger partial charge in [-0.3, -0.25) is 4.98 Å². The van der Waals surface area contributed by atoms with E-state index in [1.165, 1.54) is 7.11 Å². The Labute approximate surface area is 136 Å². The van der Waals surface area contributed by atoms with Crippen LogP contribution in [0.2, 0.25) is 0 Å². The molecule has 0 atom stereocenters. The maximum absolute atomic E-state index is 10.1. The van der Waals surface area contributed by atoms with E-state index in [0.717, 1.165) is 12.2 Å². The first-order chi connectivity index (χ1) is 11.2. The molecule has 0 radical (unpaired) electrons. The number of phenolic OH excluding ortho intramolecular Hbond substituents is 1. The van der Waals surface area contributed by atoms with Crippen molar-refractivity contribution in [1.82, 2.24) is 15.6 Å². The molecule has 0 saturated carbocycles. The highest BCUT2D eigenvalue weighted by Crippen LogP contribution is 2.29. The van der Waals surface area contributed by atoms with Crippen LogP contribution in [0.3, 0.4) is 0 Å². The number of para-hydroxylation sites is 1. The third-order valence-corrected chi connectivity index (χ3v) is 3.22. The second-order valence-corrected chi connectivity index (χ2v) is 4.84. The van der Waals surface area contributed by atoms with Gasteiger partial charge in [-0.2, -0.15) is 0 Å². The van der Waals surface area contributed by atoms with Crippen molar-refractivity contribution in [2.75, 3.05) is 13.7 Å². The average Bonchev–Trinajstić information content (AvgIpc) is 2.59. The van der Waals surface area contributed by atoms with Gasteiger partial charge in [0.15, 0.2) is 17.5 Å². The molecule has 0 amide bonds. The minimum absolute atomic E-state index is 0.124. The number of pyridine rings is 1. The Kier molecular flexibility index (Phi) is 6.23. The van der Waals surface area contributed by atoms with Crippen LogP contribution in [0.4, 0.5) is 0 Å². The average molecular weight is 314 g/mol. The van der Waals surface area contributed by atoms with E-state index in [2.05, 4.69) is 20.6 Å². The summed E-state index contributed by atoms with van der Waals surface area (Å²) < 4.78 is 5.11. The first-order valence-corrected chi connectivity index (χ1v) is 7.51. The highest BCUT2D eigenvalue weighted by molar-refractivity contribution is 5.79. The fourth-order valence-electron chi connectivity index (χ4n) is 2.04. The van der Waals surface area contributed by atoms with Gasteiger partial charge in [0.2, 0.25) is 0 Å². The normalized spacial score (nSPS) is 11.1. The van der Waals surface area contributed by atoms with E-state index >= 15 is 0 Å². The van der Waals surface area contributed by atoms with Crippen LogP contribution in [0.5, 0.6) is 11.5 Å². The number of benzene rings is 1. The third-order valence-electron chi connectivity index (χ3n) is 3.22. The molecule has 6 nitrogen and oxygen atoms in total. The van der Waals surface area contributed by atoms with Gasteiger partial charge in [-0.1, -0.05) is 18.2 Å². The Bertz CT molecular complexity index is 644. The molecule has 2 rings (SSSR count). The smallest absolute Gasteiger partial charge is 0.191 e. The van der Waals surface area contributed by atoms with Gasteiger partial charge < -0.3 is 20.5 Å². The lowest BCUT2D eigenvalue weighted by Gasteiger charge is -2.12. The molecule has 0 unspecified atom stereocenters. The molecule has 2 aromatic rings. The van der Waals surface area contributed by atoms with Gasteiger partial charge >= 0.3 is 0 Å². The number of phenols is 1. The summed E-state index contributed by atoms with van der Waals surface area (Å²) in [5.74, 6) is 1.24. The molecule has 1 heterocycles. The topological polar surface area (TPSA) is 78.8 Å². The van der Waals surface area contributed by atoms with Crippen molar-refractivity contribution < 1.29 is 9.84 Å². The monoisotopic (exact) mass is 314 g/mol. The number of guanidine groups is 1. The van der Waals surface area contributed by atoms with Crippen LogP contribution in [0, 0.1) is 0 Å². The van der Waals surface area contributed by atoms with Gasteiger partial charge in [-0.25, -0.2) is 4.99 Å². The minimum atomic E-state index is 0.124. The van der Waals surface area contributed by atoms with Gasteiger partial charge in [0, 0.05) is 18.3 Å². The number of ether oxygens (including phenoxy) is 1. The number of hydrogen-bond acceptors (Lipinski definition) is 4. The zero-order valence-electron chi connectivity index (χ0n) is 13.4. The van der Waals surface area contributed by atoms with Crippen molar-refractivity contribution in [3.05, 3.63) is 53.9 Å². The van der Waals surface area contributed by atoms with E-state index < -0.39 is 0 Å². The van der Waals surface area contributed by atoms with Crippen molar-refractivity contribution in [2.45, 2.75) is 20.0 Å². The minimum Gasteiger partial charge on any atom is -0.504 e. The van der Waals surface area contributed by atoms with Crippen LogP contribution in [0.25, 0.3) is 0 Å². The highest BCUT2D eigenvalue weighted by Gasteiger charge is 2.07. The predicted molar refractivity (Wildman–Crippen MR) is 90.6 cm³/mol. The lowest BCUT2D eigenvalue weighted by molar-refractivity contribution is 0.370. The van der Waals surface area contributed by atoms with Gasteiger partial charge in [-0.05, 0) is 25.1 Å². The first kappa shape index (κ1) is 16.6. The summed E-state index contributed by atoms with van der Waals surface area (Å²) in [6.45, 7) is 3.68. The first-order valence-electron chi connectivity index (χ1n) is 7.51. The van der Waals surface area contributed by atoms with Gasteiger partial charge in [0.1, 0.15) is 0 Å². The van der Waals surface area contributed by atoms with Crippen molar-refractivity contribution in [1.29, 1.82) is 0 Å². The van der Waals surface area contributed by atoms with Crippen molar-refractivity contribution >= 4 is 5.96 Å². The molecule has 0 aliphatic carbocycles. The number of rotatable bonds is 6. The fraction of sp³-hybridized carbons (Fsp3) is 0.294. The molecule has 1 aromatic heterocycles. The van der Waals surface area contributed by atoms with E-state index in [1.54, 1.807) is 12.3 Å². The molecular formula is C17H22N4O2. The Morgan fingerprint density at radius 3 is 2.78 bits per heavy atom. The summed E-state index contributed by atoms with van der Waals surface area (Å²) in [5.41, 5.74) is 1.64. The van der Waals surface area contributed by atoms with Gasteiger partial charge in [-0.15, -0.1) is 0 Å². The van der Waals surface area contributed by atoms with Crippen LogP contribution in [0.1, 0.15) is 18.2 Å². The largest absolute Gasteiger partial charge is 0.504 e. The zero-order valence-corrected chi connectivity index (χ0v) is 13.4. The summed E-state index contributed by atoms with van der Waals surface area (Å²) in [4.78, 5) is 8.75. The third kappa shape index (κ3) is 4.88.